The lowest BCUT2D eigenvalue weighted by atomic mass is 10.1. The molecule has 1 rings (SSSR count). The van der Waals surface area contributed by atoms with Gasteiger partial charge in [0.15, 0.2) is 0 Å². The minimum Gasteiger partial charge on any atom is -0.193 e. The molecule has 0 heterocycles. The van der Waals surface area contributed by atoms with E-state index in [2.05, 4.69) is 18.7 Å². The van der Waals surface area contributed by atoms with Crippen molar-refractivity contribution < 1.29 is 0 Å². The standard InChI is InChI=1S/C7H7NS.C2H6/c8-5-6-1-3-7(9)4-2-6;1-2/h1,3,9H,2,4H2;1-2H3. The molecular weight excluding hydrogens is 154 g/mol. The number of rotatable bonds is 0. The molecule has 0 saturated heterocycles. The fraction of sp³-hybridized carbons (Fsp3) is 0.444. The first-order valence-corrected chi connectivity index (χ1v) is 4.26. The van der Waals surface area contributed by atoms with Crippen molar-refractivity contribution in [1.29, 1.82) is 5.26 Å². The van der Waals surface area contributed by atoms with Crippen molar-refractivity contribution in [2.24, 2.45) is 0 Å². The number of allylic oxidation sites excluding steroid dienone is 4. The van der Waals surface area contributed by atoms with Gasteiger partial charge in [-0.05, 0) is 23.8 Å². The summed E-state index contributed by atoms with van der Waals surface area (Å²) >= 11 is 4.15. The lowest BCUT2D eigenvalue weighted by Crippen LogP contribution is -1.85. The fourth-order valence-corrected chi connectivity index (χ4v) is 0.906. The first kappa shape index (κ1) is 10.3. The number of hydrogen-bond donors (Lipinski definition) is 1. The van der Waals surface area contributed by atoms with Crippen LogP contribution in [0, 0.1) is 11.3 Å². The van der Waals surface area contributed by atoms with Crippen LogP contribution < -0.4 is 0 Å². The Bertz CT molecular complexity index is 208. The Balaban J connectivity index is 0.000000461. The molecule has 11 heavy (non-hydrogen) atoms. The van der Waals surface area contributed by atoms with E-state index in [0.29, 0.717) is 0 Å². The van der Waals surface area contributed by atoms with Crippen molar-refractivity contribution in [3.63, 3.8) is 0 Å². The van der Waals surface area contributed by atoms with E-state index < -0.39 is 0 Å². The Hall–Kier alpha value is -0.680. The van der Waals surface area contributed by atoms with Crippen LogP contribution in [0.15, 0.2) is 22.6 Å². The molecule has 0 aliphatic heterocycles. The van der Waals surface area contributed by atoms with Gasteiger partial charge in [0.2, 0.25) is 0 Å². The third-order valence-electron chi connectivity index (χ3n) is 1.27. The van der Waals surface area contributed by atoms with Crippen LogP contribution in [0.3, 0.4) is 0 Å². The maximum Gasteiger partial charge on any atom is 0.0947 e. The average Bonchev–Trinajstić information content (AvgIpc) is 2.10. The van der Waals surface area contributed by atoms with E-state index in [0.717, 1.165) is 23.3 Å². The van der Waals surface area contributed by atoms with Crippen LogP contribution in [-0.4, -0.2) is 0 Å². The Morgan fingerprint density at radius 3 is 2.36 bits per heavy atom. The molecule has 1 aliphatic carbocycles. The number of nitrogens with zero attached hydrogens (tertiary/aromatic N) is 1. The molecule has 0 bridgehead atoms. The van der Waals surface area contributed by atoms with Crippen LogP contribution in [0.4, 0.5) is 0 Å². The number of nitriles is 1. The Morgan fingerprint density at radius 1 is 1.36 bits per heavy atom. The van der Waals surface area contributed by atoms with Crippen LogP contribution in [0.1, 0.15) is 26.7 Å². The summed E-state index contributed by atoms with van der Waals surface area (Å²) in [5.41, 5.74) is 0.854. The number of hydrogen-bond acceptors (Lipinski definition) is 2. The molecule has 0 spiro atoms. The molecule has 0 aromatic carbocycles. The molecule has 0 aromatic heterocycles. The molecular formula is C9H13NS. The van der Waals surface area contributed by atoms with E-state index in [1.165, 1.54) is 0 Å². The predicted molar refractivity (Wildman–Crippen MR) is 51.3 cm³/mol. The van der Waals surface area contributed by atoms with Gasteiger partial charge in [-0.25, -0.2) is 0 Å². The SMILES string of the molecule is CC.N#CC1=CC=C(S)CC1. The highest BCUT2D eigenvalue weighted by Gasteiger charge is 2.00. The van der Waals surface area contributed by atoms with E-state index in [-0.39, 0.29) is 0 Å². The fourth-order valence-electron chi connectivity index (χ4n) is 0.719. The molecule has 0 saturated carbocycles. The van der Waals surface area contributed by atoms with Crippen molar-refractivity contribution >= 4 is 12.6 Å². The predicted octanol–water partition coefficient (Wildman–Crippen LogP) is 3.07. The van der Waals surface area contributed by atoms with Crippen LogP contribution >= 0.6 is 12.6 Å². The molecule has 0 amide bonds. The topological polar surface area (TPSA) is 23.8 Å². The van der Waals surface area contributed by atoms with Crippen LogP contribution in [0.5, 0.6) is 0 Å². The summed E-state index contributed by atoms with van der Waals surface area (Å²) < 4.78 is 0. The Labute approximate surface area is 73.8 Å². The van der Waals surface area contributed by atoms with E-state index in [1.54, 1.807) is 0 Å². The molecule has 2 heteroatoms. The van der Waals surface area contributed by atoms with E-state index in [4.69, 9.17) is 5.26 Å². The molecule has 0 unspecified atom stereocenters. The van der Waals surface area contributed by atoms with E-state index >= 15 is 0 Å². The Kier molecular flexibility index (Phi) is 5.68. The van der Waals surface area contributed by atoms with Gasteiger partial charge in [-0.3, -0.25) is 0 Å². The van der Waals surface area contributed by atoms with Crippen molar-refractivity contribution in [3.05, 3.63) is 22.6 Å². The average molecular weight is 167 g/mol. The quantitative estimate of drug-likeness (QED) is 0.551. The minimum absolute atomic E-state index is 0.853. The Morgan fingerprint density at radius 2 is 2.00 bits per heavy atom. The molecule has 0 aromatic rings. The van der Waals surface area contributed by atoms with Gasteiger partial charge >= 0.3 is 0 Å². The zero-order valence-electron chi connectivity index (χ0n) is 6.96. The molecule has 0 fully saturated rings. The first-order valence-electron chi connectivity index (χ1n) is 3.82. The van der Waals surface area contributed by atoms with Gasteiger partial charge in [-0.15, -0.1) is 12.6 Å². The number of thiol groups is 1. The smallest absolute Gasteiger partial charge is 0.0947 e. The third-order valence-corrected chi connectivity index (χ3v) is 1.64. The molecule has 0 atom stereocenters. The summed E-state index contributed by atoms with van der Waals surface area (Å²) in [5.74, 6) is 0. The van der Waals surface area contributed by atoms with Gasteiger partial charge in [0, 0.05) is 5.57 Å². The second-order valence-corrected chi connectivity index (χ2v) is 2.54. The third kappa shape index (κ3) is 3.90. The van der Waals surface area contributed by atoms with Crippen LogP contribution in [0.25, 0.3) is 0 Å². The highest BCUT2D eigenvalue weighted by molar-refractivity contribution is 7.84. The van der Waals surface area contributed by atoms with Gasteiger partial charge < -0.3 is 0 Å². The lowest BCUT2D eigenvalue weighted by molar-refractivity contribution is 0.982. The van der Waals surface area contributed by atoms with Crippen LogP contribution in [-0.2, 0) is 0 Å². The van der Waals surface area contributed by atoms with Gasteiger partial charge in [0.1, 0.15) is 0 Å². The van der Waals surface area contributed by atoms with E-state index in [9.17, 15) is 0 Å². The highest BCUT2D eigenvalue weighted by atomic mass is 32.1. The summed E-state index contributed by atoms with van der Waals surface area (Å²) in [4.78, 5) is 1.06. The second kappa shape index (κ2) is 6.06. The van der Waals surface area contributed by atoms with Crippen molar-refractivity contribution in [3.8, 4) is 6.07 Å². The summed E-state index contributed by atoms with van der Waals surface area (Å²) in [6.45, 7) is 4.00. The maximum absolute atomic E-state index is 8.40. The minimum atomic E-state index is 0.853. The molecule has 60 valence electrons. The van der Waals surface area contributed by atoms with Gasteiger partial charge in [-0.1, -0.05) is 19.9 Å². The highest BCUT2D eigenvalue weighted by Crippen LogP contribution is 2.19. The van der Waals surface area contributed by atoms with Crippen molar-refractivity contribution in [2.75, 3.05) is 0 Å². The molecule has 0 radical (unpaired) electrons. The monoisotopic (exact) mass is 167 g/mol. The maximum atomic E-state index is 8.40. The summed E-state index contributed by atoms with van der Waals surface area (Å²) in [6.07, 6.45) is 5.48. The van der Waals surface area contributed by atoms with Crippen molar-refractivity contribution in [2.45, 2.75) is 26.7 Å². The van der Waals surface area contributed by atoms with Gasteiger partial charge in [-0.2, -0.15) is 5.26 Å². The zero-order chi connectivity index (χ0) is 8.69. The molecule has 1 nitrogen and oxygen atoms in total. The van der Waals surface area contributed by atoms with Crippen LogP contribution in [0.2, 0.25) is 0 Å². The van der Waals surface area contributed by atoms with Gasteiger partial charge in [0.05, 0.1) is 6.07 Å². The summed E-state index contributed by atoms with van der Waals surface area (Å²) in [7, 11) is 0. The summed E-state index contributed by atoms with van der Waals surface area (Å²) in [5, 5.41) is 8.40. The second-order valence-electron chi connectivity index (χ2n) is 1.96. The van der Waals surface area contributed by atoms with Crippen molar-refractivity contribution in [1.82, 2.24) is 0 Å². The van der Waals surface area contributed by atoms with Gasteiger partial charge in [0.25, 0.3) is 0 Å². The zero-order valence-corrected chi connectivity index (χ0v) is 7.86. The molecule has 1 aliphatic rings. The van der Waals surface area contributed by atoms with E-state index in [1.807, 2.05) is 26.0 Å². The summed E-state index contributed by atoms with van der Waals surface area (Å²) in [6, 6.07) is 2.11. The molecule has 0 N–H and O–H groups in total. The first-order chi connectivity index (χ1) is 5.33. The largest absolute Gasteiger partial charge is 0.193 e. The lowest BCUT2D eigenvalue weighted by Gasteiger charge is -2.02. The normalized spacial score (nSPS) is 15.1.